The number of nitrogens with one attached hydrogen (secondary N) is 1. The van der Waals surface area contributed by atoms with Crippen molar-refractivity contribution in [2.75, 3.05) is 26.7 Å². The summed E-state index contributed by atoms with van der Waals surface area (Å²) in [5.41, 5.74) is -1.09. The minimum atomic E-state index is -1.09. The molecule has 1 rings (SSSR count). The zero-order chi connectivity index (χ0) is 15.0. The molecule has 0 radical (unpaired) electrons. The average Bonchev–Trinajstić information content (AvgIpc) is 2.95. The van der Waals surface area contributed by atoms with E-state index in [9.17, 15) is 5.11 Å². The Morgan fingerprint density at radius 2 is 2.19 bits per heavy atom. The first kappa shape index (κ1) is 20.2. The summed E-state index contributed by atoms with van der Waals surface area (Å²) in [7, 11) is 2.01. The lowest BCUT2D eigenvalue weighted by molar-refractivity contribution is 0.0435. The maximum absolute atomic E-state index is 10.4. The van der Waals surface area contributed by atoms with Crippen LogP contribution in [-0.2, 0) is 5.60 Å². The summed E-state index contributed by atoms with van der Waals surface area (Å²) in [6, 6.07) is 3.54. The first-order valence-corrected chi connectivity index (χ1v) is 7.27. The molecule has 0 spiro atoms. The summed E-state index contributed by atoms with van der Waals surface area (Å²) in [6.45, 7) is 7.93. The van der Waals surface area contributed by atoms with Crippen LogP contribution in [0.5, 0.6) is 0 Å². The zero-order valence-electron chi connectivity index (χ0n) is 13.4. The Morgan fingerprint density at radius 1 is 1.48 bits per heavy atom. The molecule has 1 aromatic rings. The lowest BCUT2D eigenvalue weighted by Gasteiger charge is -2.24. The average molecular weight is 409 g/mol. The fraction of sp³-hybridized carbons (Fsp3) is 0.667. The van der Waals surface area contributed by atoms with Gasteiger partial charge in [-0.05, 0) is 32.4 Å². The van der Waals surface area contributed by atoms with Gasteiger partial charge in [-0.2, -0.15) is 0 Å². The van der Waals surface area contributed by atoms with E-state index in [4.69, 9.17) is 4.42 Å². The number of aliphatic imine (C=N–C) groups is 1. The van der Waals surface area contributed by atoms with Crippen molar-refractivity contribution in [3.63, 3.8) is 0 Å². The van der Waals surface area contributed by atoms with Gasteiger partial charge in [0.15, 0.2) is 5.96 Å². The second-order valence-corrected chi connectivity index (χ2v) is 5.20. The van der Waals surface area contributed by atoms with E-state index in [-0.39, 0.29) is 30.5 Å². The molecule has 0 aliphatic rings. The number of hydrogen-bond donors (Lipinski definition) is 2. The Hall–Kier alpha value is -0.760. The third-order valence-electron chi connectivity index (χ3n) is 3.13. The van der Waals surface area contributed by atoms with Crippen molar-refractivity contribution in [3.8, 4) is 0 Å². The molecule has 1 unspecified atom stereocenters. The molecule has 5 nitrogen and oxygen atoms in total. The smallest absolute Gasteiger partial charge is 0.193 e. The van der Waals surface area contributed by atoms with E-state index in [0.29, 0.717) is 5.76 Å². The van der Waals surface area contributed by atoms with Crippen molar-refractivity contribution in [2.24, 2.45) is 4.99 Å². The van der Waals surface area contributed by atoms with Crippen molar-refractivity contribution in [1.82, 2.24) is 10.2 Å². The number of hydrogen-bond acceptors (Lipinski definition) is 3. The highest BCUT2D eigenvalue weighted by atomic mass is 127. The van der Waals surface area contributed by atoms with Crippen molar-refractivity contribution in [2.45, 2.75) is 39.2 Å². The predicted octanol–water partition coefficient (Wildman–Crippen LogP) is 2.80. The Balaban J connectivity index is 0.00000400. The highest BCUT2D eigenvalue weighted by Crippen LogP contribution is 2.21. The van der Waals surface area contributed by atoms with Crippen molar-refractivity contribution >= 4 is 29.9 Å². The van der Waals surface area contributed by atoms with E-state index in [2.05, 4.69) is 22.1 Å². The maximum Gasteiger partial charge on any atom is 0.193 e. The fourth-order valence-electron chi connectivity index (χ4n) is 1.86. The lowest BCUT2D eigenvalue weighted by atomic mass is 10.0. The molecule has 0 aromatic carbocycles. The van der Waals surface area contributed by atoms with Gasteiger partial charge >= 0.3 is 0 Å². The van der Waals surface area contributed by atoms with Gasteiger partial charge in [0, 0.05) is 20.1 Å². The fourth-order valence-corrected chi connectivity index (χ4v) is 1.86. The van der Waals surface area contributed by atoms with Gasteiger partial charge in [-0.15, -0.1) is 24.0 Å². The molecule has 1 atom stereocenters. The van der Waals surface area contributed by atoms with E-state index in [1.165, 1.54) is 0 Å². The highest BCUT2D eigenvalue weighted by Gasteiger charge is 2.26. The van der Waals surface area contributed by atoms with Crippen LogP contribution in [-0.4, -0.2) is 42.6 Å². The van der Waals surface area contributed by atoms with E-state index in [1.54, 1.807) is 25.3 Å². The van der Waals surface area contributed by atoms with Crippen LogP contribution < -0.4 is 5.32 Å². The van der Waals surface area contributed by atoms with Gasteiger partial charge in [0.1, 0.15) is 11.4 Å². The molecule has 122 valence electrons. The molecule has 0 amide bonds. The normalized spacial score (nSPS) is 14.2. The first-order chi connectivity index (χ1) is 9.51. The molecule has 1 heterocycles. The second kappa shape index (κ2) is 10.0. The molecule has 0 bridgehead atoms. The zero-order valence-corrected chi connectivity index (χ0v) is 15.8. The van der Waals surface area contributed by atoms with E-state index in [0.717, 1.165) is 31.9 Å². The number of unbranched alkanes of at least 4 members (excludes halogenated alkanes) is 1. The molecular formula is C15H28IN3O2. The molecule has 0 saturated heterocycles. The summed E-state index contributed by atoms with van der Waals surface area (Å²) in [5.74, 6) is 1.35. The van der Waals surface area contributed by atoms with Crippen LogP contribution in [0.15, 0.2) is 27.8 Å². The van der Waals surface area contributed by atoms with E-state index >= 15 is 0 Å². The third kappa shape index (κ3) is 6.69. The predicted molar refractivity (Wildman–Crippen MR) is 97.2 cm³/mol. The van der Waals surface area contributed by atoms with Crippen LogP contribution in [0.25, 0.3) is 0 Å². The number of nitrogens with zero attached hydrogens (tertiary/aromatic N) is 2. The van der Waals surface area contributed by atoms with Gasteiger partial charge in [0.25, 0.3) is 0 Å². The van der Waals surface area contributed by atoms with Crippen LogP contribution in [0.2, 0.25) is 0 Å². The number of halogens is 1. The van der Waals surface area contributed by atoms with Crippen LogP contribution in [0.4, 0.5) is 0 Å². The Bertz CT molecular complexity index is 405. The SMILES string of the molecule is CCCCN(C)C(=NCC(C)(O)c1ccco1)NCC.I. The molecule has 1 aromatic heterocycles. The molecular weight excluding hydrogens is 381 g/mol. The number of guanidine groups is 1. The highest BCUT2D eigenvalue weighted by molar-refractivity contribution is 14.0. The molecule has 2 N–H and O–H groups in total. The van der Waals surface area contributed by atoms with Crippen LogP contribution in [0.1, 0.15) is 39.4 Å². The Kier molecular flexibility index (Phi) is 9.68. The van der Waals surface area contributed by atoms with E-state index in [1.807, 2.05) is 14.0 Å². The Morgan fingerprint density at radius 3 is 2.71 bits per heavy atom. The molecule has 0 saturated carbocycles. The number of aliphatic hydroxyl groups is 1. The van der Waals surface area contributed by atoms with Gasteiger partial charge < -0.3 is 19.7 Å². The van der Waals surface area contributed by atoms with Crippen LogP contribution >= 0.6 is 24.0 Å². The summed E-state index contributed by atoms with van der Waals surface area (Å²) >= 11 is 0. The quantitative estimate of drug-likeness (QED) is 0.413. The van der Waals surface area contributed by atoms with Gasteiger partial charge in [0.2, 0.25) is 0 Å². The van der Waals surface area contributed by atoms with Crippen molar-refractivity contribution < 1.29 is 9.52 Å². The monoisotopic (exact) mass is 409 g/mol. The molecule has 0 fully saturated rings. The summed E-state index contributed by atoms with van der Waals surface area (Å²) in [6.07, 6.45) is 3.83. The van der Waals surface area contributed by atoms with Gasteiger partial charge in [-0.1, -0.05) is 13.3 Å². The largest absolute Gasteiger partial charge is 0.466 e. The van der Waals surface area contributed by atoms with Crippen LogP contribution in [0.3, 0.4) is 0 Å². The molecule has 21 heavy (non-hydrogen) atoms. The first-order valence-electron chi connectivity index (χ1n) is 7.27. The summed E-state index contributed by atoms with van der Waals surface area (Å²) < 4.78 is 5.26. The molecule has 0 aliphatic heterocycles. The van der Waals surface area contributed by atoms with Crippen LogP contribution in [0, 0.1) is 0 Å². The maximum atomic E-state index is 10.4. The minimum absolute atomic E-state index is 0. The number of rotatable bonds is 7. The van der Waals surface area contributed by atoms with E-state index < -0.39 is 5.60 Å². The second-order valence-electron chi connectivity index (χ2n) is 5.20. The molecule has 0 aliphatic carbocycles. The van der Waals surface area contributed by atoms with Crippen molar-refractivity contribution in [3.05, 3.63) is 24.2 Å². The lowest BCUT2D eigenvalue weighted by Crippen LogP contribution is -2.40. The van der Waals surface area contributed by atoms with Crippen molar-refractivity contribution in [1.29, 1.82) is 0 Å². The summed E-state index contributed by atoms with van der Waals surface area (Å²) in [5, 5.41) is 13.6. The van der Waals surface area contributed by atoms with Gasteiger partial charge in [-0.25, -0.2) is 4.99 Å². The topological polar surface area (TPSA) is 61.0 Å². The standard InChI is InChI=1S/C15H27N3O2.HI/c1-5-7-10-18(4)14(16-6-2)17-12-15(3,19)13-9-8-11-20-13;/h8-9,11,19H,5-7,10,12H2,1-4H3,(H,16,17);1H. The van der Waals surface area contributed by atoms with Gasteiger partial charge in [-0.3, -0.25) is 0 Å². The minimum Gasteiger partial charge on any atom is -0.466 e. The number of furan rings is 1. The summed E-state index contributed by atoms with van der Waals surface area (Å²) in [4.78, 5) is 6.60. The van der Waals surface area contributed by atoms with Gasteiger partial charge in [0.05, 0.1) is 12.8 Å². The Labute approximate surface area is 144 Å². The third-order valence-corrected chi connectivity index (χ3v) is 3.13. The molecule has 6 heteroatoms.